The minimum absolute atomic E-state index is 0.0287. The maximum atomic E-state index is 12.7. The smallest absolute Gasteiger partial charge is 0.257 e. The number of aromatic amines is 1. The number of carbonyl (C=O) groups is 2. The second-order valence-corrected chi connectivity index (χ2v) is 8.47. The summed E-state index contributed by atoms with van der Waals surface area (Å²) in [4.78, 5) is 47.0. The molecule has 1 atom stereocenters. The molecule has 9 heteroatoms. The number of anilines is 3. The first-order chi connectivity index (χ1) is 14.4. The van der Waals surface area contributed by atoms with Crippen LogP contribution in [0, 0.1) is 11.8 Å². The number of nitrogens with one attached hydrogen (secondary N) is 3. The quantitative estimate of drug-likeness (QED) is 0.692. The third kappa shape index (κ3) is 4.48. The highest BCUT2D eigenvalue weighted by Crippen LogP contribution is 2.26. The van der Waals surface area contributed by atoms with E-state index in [2.05, 4.69) is 27.5 Å². The van der Waals surface area contributed by atoms with E-state index < -0.39 is 5.92 Å². The van der Waals surface area contributed by atoms with Gasteiger partial charge in [0.05, 0.1) is 11.5 Å². The van der Waals surface area contributed by atoms with Gasteiger partial charge in [-0.15, -0.1) is 0 Å². The minimum Gasteiger partial charge on any atom is -0.342 e. The second kappa shape index (κ2) is 8.47. The number of halogens is 1. The van der Waals surface area contributed by atoms with Gasteiger partial charge in [-0.05, 0) is 49.4 Å². The first-order valence-electron chi connectivity index (χ1n) is 10.1. The predicted octanol–water partition coefficient (Wildman–Crippen LogP) is 2.80. The highest BCUT2D eigenvalue weighted by atomic mass is 35.5. The summed E-state index contributed by atoms with van der Waals surface area (Å²) in [6, 6.07) is 6.72. The lowest BCUT2D eigenvalue weighted by molar-refractivity contribution is -0.125. The van der Waals surface area contributed by atoms with Gasteiger partial charge >= 0.3 is 0 Å². The number of hydrogen-bond acceptors (Lipinski definition) is 5. The Balaban J connectivity index is 1.45. The SMILES string of the molecule is CC1CCN(c2nc3c(c(=O)[nH]2)CC(CC(=O)Nc2ccc(Cl)cc2)C(=O)N3)CC1. The van der Waals surface area contributed by atoms with E-state index >= 15 is 0 Å². The molecule has 4 rings (SSSR count). The number of H-pyrrole nitrogens is 1. The van der Waals surface area contributed by atoms with Crippen LogP contribution in [-0.4, -0.2) is 34.9 Å². The molecule has 0 spiro atoms. The summed E-state index contributed by atoms with van der Waals surface area (Å²) in [5.41, 5.74) is 0.741. The summed E-state index contributed by atoms with van der Waals surface area (Å²) in [7, 11) is 0. The topological polar surface area (TPSA) is 107 Å². The molecule has 1 aromatic heterocycles. The van der Waals surface area contributed by atoms with Crippen LogP contribution < -0.4 is 21.1 Å². The van der Waals surface area contributed by atoms with E-state index in [-0.39, 0.29) is 30.2 Å². The van der Waals surface area contributed by atoms with Gasteiger partial charge in [0.2, 0.25) is 17.8 Å². The third-order valence-electron chi connectivity index (χ3n) is 5.71. The molecule has 158 valence electrons. The summed E-state index contributed by atoms with van der Waals surface area (Å²) in [6.45, 7) is 3.86. The molecule has 0 radical (unpaired) electrons. The van der Waals surface area contributed by atoms with Crippen LogP contribution in [0.2, 0.25) is 5.02 Å². The Labute approximate surface area is 179 Å². The maximum Gasteiger partial charge on any atom is 0.257 e. The van der Waals surface area contributed by atoms with Crippen LogP contribution in [0.4, 0.5) is 17.5 Å². The lowest BCUT2D eigenvalue weighted by Gasteiger charge is -2.31. The first kappa shape index (κ1) is 20.4. The van der Waals surface area contributed by atoms with Crippen LogP contribution in [0.5, 0.6) is 0 Å². The number of fused-ring (bicyclic) bond motifs is 1. The van der Waals surface area contributed by atoms with Crippen LogP contribution in [-0.2, 0) is 16.0 Å². The Kier molecular flexibility index (Phi) is 5.76. The summed E-state index contributed by atoms with van der Waals surface area (Å²) in [5.74, 6) is 0.213. The third-order valence-corrected chi connectivity index (χ3v) is 5.96. The van der Waals surface area contributed by atoms with Crippen molar-refractivity contribution in [2.24, 2.45) is 11.8 Å². The molecule has 2 amide bonds. The van der Waals surface area contributed by atoms with Gasteiger partial charge in [-0.25, -0.2) is 0 Å². The number of piperidine rings is 1. The number of aromatic nitrogens is 2. The molecular weight excluding hydrogens is 406 g/mol. The van der Waals surface area contributed by atoms with Gasteiger partial charge in [0.15, 0.2) is 0 Å². The van der Waals surface area contributed by atoms with E-state index in [0.29, 0.717) is 34.0 Å². The van der Waals surface area contributed by atoms with E-state index in [1.165, 1.54) is 0 Å². The van der Waals surface area contributed by atoms with Gasteiger partial charge in [0, 0.05) is 30.2 Å². The number of hydrogen-bond donors (Lipinski definition) is 3. The van der Waals surface area contributed by atoms with Crippen molar-refractivity contribution < 1.29 is 9.59 Å². The molecular formula is C21H24ClN5O3. The summed E-state index contributed by atoms with van der Waals surface area (Å²) < 4.78 is 0. The van der Waals surface area contributed by atoms with Gasteiger partial charge in [0.1, 0.15) is 5.82 Å². The van der Waals surface area contributed by atoms with Crippen LogP contribution in [0.1, 0.15) is 31.7 Å². The maximum absolute atomic E-state index is 12.7. The number of rotatable bonds is 4. The van der Waals surface area contributed by atoms with Crippen LogP contribution in [0.3, 0.4) is 0 Å². The molecule has 30 heavy (non-hydrogen) atoms. The van der Waals surface area contributed by atoms with Crippen LogP contribution in [0.25, 0.3) is 0 Å². The Morgan fingerprint density at radius 1 is 1.23 bits per heavy atom. The van der Waals surface area contributed by atoms with Crippen molar-refractivity contribution >= 4 is 40.9 Å². The Hall–Kier alpha value is -2.87. The summed E-state index contributed by atoms with van der Waals surface area (Å²) in [6.07, 6.45) is 2.23. The summed E-state index contributed by atoms with van der Waals surface area (Å²) in [5, 5.41) is 6.04. The number of carbonyl (C=O) groups excluding carboxylic acids is 2. The second-order valence-electron chi connectivity index (χ2n) is 8.04. The molecule has 3 N–H and O–H groups in total. The normalized spacial score (nSPS) is 19.2. The monoisotopic (exact) mass is 429 g/mol. The molecule has 0 aliphatic carbocycles. The Morgan fingerprint density at radius 3 is 2.63 bits per heavy atom. The molecule has 3 heterocycles. The van der Waals surface area contributed by atoms with Crippen molar-refractivity contribution in [2.45, 2.75) is 32.6 Å². The first-order valence-corrected chi connectivity index (χ1v) is 10.5. The Morgan fingerprint density at radius 2 is 1.93 bits per heavy atom. The highest BCUT2D eigenvalue weighted by Gasteiger charge is 2.32. The van der Waals surface area contributed by atoms with Crippen molar-refractivity contribution in [1.29, 1.82) is 0 Å². The molecule has 2 aliphatic heterocycles. The average molecular weight is 430 g/mol. The zero-order valence-electron chi connectivity index (χ0n) is 16.7. The van der Waals surface area contributed by atoms with Crippen molar-refractivity contribution in [3.8, 4) is 0 Å². The van der Waals surface area contributed by atoms with Gasteiger partial charge in [-0.3, -0.25) is 19.4 Å². The summed E-state index contributed by atoms with van der Waals surface area (Å²) >= 11 is 5.85. The van der Waals surface area contributed by atoms with Gasteiger partial charge in [-0.1, -0.05) is 18.5 Å². The van der Waals surface area contributed by atoms with Crippen molar-refractivity contribution in [3.63, 3.8) is 0 Å². The fourth-order valence-electron chi connectivity index (χ4n) is 3.84. The molecule has 1 aromatic carbocycles. The Bertz CT molecular complexity index is 1010. The zero-order chi connectivity index (χ0) is 21.3. The molecule has 1 saturated heterocycles. The predicted molar refractivity (Wildman–Crippen MR) is 116 cm³/mol. The lowest BCUT2D eigenvalue weighted by atomic mass is 9.92. The largest absolute Gasteiger partial charge is 0.342 e. The van der Waals surface area contributed by atoms with Crippen LogP contribution >= 0.6 is 11.6 Å². The number of nitrogens with zero attached hydrogens (tertiary/aromatic N) is 2. The van der Waals surface area contributed by atoms with E-state index in [4.69, 9.17) is 11.6 Å². The molecule has 8 nitrogen and oxygen atoms in total. The lowest BCUT2D eigenvalue weighted by Crippen LogP contribution is -2.39. The van der Waals surface area contributed by atoms with Crippen molar-refractivity contribution in [2.75, 3.05) is 28.6 Å². The number of benzene rings is 1. The highest BCUT2D eigenvalue weighted by molar-refractivity contribution is 6.30. The van der Waals surface area contributed by atoms with E-state index in [0.717, 1.165) is 25.9 Å². The van der Waals surface area contributed by atoms with Gasteiger partial charge < -0.3 is 15.5 Å². The molecule has 2 aromatic rings. The van der Waals surface area contributed by atoms with E-state index in [9.17, 15) is 14.4 Å². The molecule has 2 aliphatic rings. The number of amides is 2. The fourth-order valence-corrected chi connectivity index (χ4v) is 3.97. The molecule has 0 saturated carbocycles. The van der Waals surface area contributed by atoms with E-state index in [1.54, 1.807) is 24.3 Å². The minimum atomic E-state index is -0.630. The van der Waals surface area contributed by atoms with Crippen molar-refractivity contribution in [3.05, 3.63) is 45.2 Å². The zero-order valence-corrected chi connectivity index (χ0v) is 17.5. The van der Waals surface area contributed by atoms with Gasteiger partial charge in [-0.2, -0.15) is 4.98 Å². The molecule has 0 bridgehead atoms. The molecule has 1 fully saturated rings. The fraction of sp³-hybridized carbons (Fsp3) is 0.429. The van der Waals surface area contributed by atoms with Crippen LogP contribution in [0.15, 0.2) is 29.1 Å². The van der Waals surface area contributed by atoms with Crippen molar-refractivity contribution in [1.82, 2.24) is 9.97 Å². The average Bonchev–Trinajstić information content (AvgIpc) is 2.71. The van der Waals surface area contributed by atoms with E-state index in [1.807, 2.05) is 4.90 Å². The standard InChI is InChI=1S/C21H24ClN5O3/c1-12-6-8-27(9-7-12)21-25-18-16(20(30)26-21)10-13(19(29)24-18)11-17(28)23-15-4-2-14(22)3-5-15/h2-5,12-13H,6-11H2,1H3,(H,23,28)(H2,24,25,26,29,30). The van der Waals surface area contributed by atoms with Gasteiger partial charge in [0.25, 0.3) is 5.56 Å². The molecule has 1 unspecified atom stereocenters.